The second-order valence-electron chi connectivity index (χ2n) is 5.66. The second kappa shape index (κ2) is 6.83. The number of nitrogens with one attached hydrogen (secondary N) is 1. The van der Waals surface area contributed by atoms with Crippen molar-refractivity contribution in [3.8, 4) is 5.75 Å². The van der Waals surface area contributed by atoms with E-state index >= 15 is 0 Å². The van der Waals surface area contributed by atoms with E-state index in [1.54, 1.807) is 7.11 Å². The van der Waals surface area contributed by atoms with Gasteiger partial charge in [0.1, 0.15) is 11.3 Å². The first-order valence-electron chi connectivity index (χ1n) is 7.72. The molecule has 1 aliphatic carbocycles. The van der Waals surface area contributed by atoms with Gasteiger partial charge in [-0.1, -0.05) is 31.9 Å². The van der Waals surface area contributed by atoms with Crippen LogP contribution >= 0.6 is 0 Å². The van der Waals surface area contributed by atoms with Crippen LogP contribution in [0, 0.1) is 5.92 Å². The minimum Gasteiger partial charge on any atom is -0.495 e. The second-order valence-corrected chi connectivity index (χ2v) is 5.66. The fourth-order valence-corrected chi connectivity index (χ4v) is 3.14. The van der Waals surface area contributed by atoms with Crippen molar-refractivity contribution in [3.63, 3.8) is 0 Å². The van der Waals surface area contributed by atoms with Gasteiger partial charge in [-0.3, -0.25) is 0 Å². The molecule has 0 aliphatic heterocycles. The minimum atomic E-state index is -0.650. The van der Waals surface area contributed by atoms with Crippen LogP contribution in [0.2, 0.25) is 0 Å². The normalized spacial score (nSPS) is 25.2. The van der Waals surface area contributed by atoms with Gasteiger partial charge in [-0.2, -0.15) is 0 Å². The molecule has 4 heteroatoms. The lowest BCUT2D eigenvalue weighted by Crippen LogP contribution is -2.54. The van der Waals surface area contributed by atoms with E-state index in [2.05, 4.69) is 12.2 Å². The Bertz CT molecular complexity index is 489. The van der Waals surface area contributed by atoms with Gasteiger partial charge in [-0.05, 0) is 37.8 Å². The Hall–Kier alpha value is -1.71. The van der Waals surface area contributed by atoms with Crippen LogP contribution in [0.5, 0.6) is 5.75 Å². The van der Waals surface area contributed by atoms with Crippen molar-refractivity contribution in [3.05, 3.63) is 24.3 Å². The largest absolute Gasteiger partial charge is 0.495 e. The molecule has 1 aromatic carbocycles. The van der Waals surface area contributed by atoms with Crippen molar-refractivity contribution in [1.29, 1.82) is 0 Å². The average Bonchev–Trinajstić information content (AvgIpc) is 2.50. The molecule has 1 saturated carbocycles. The molecule has 1 fully saturated rings. The average molecular weight is 291 g/mol. The van der Waals surface area contributed by atoms with Gasteiger partial charge in [0.15, 0.2) is 0 Å². The lowest BCUT2D eigenvalue weighted by Gasteiger charge is -2.41. The SMILES string of the molecule is CCOC(=O)C1(Nc2ccccc2OC)CCCCC1C. The summed E-state index contributed by atoms with van der Waals surface area (Å²) >= 11 is 0. The molecular formula is C17H25NO3. The summed E-state index contributed by atoms with van der Waals surface area (Å²) in [5, 5.41) is 3.45. The zero-order valence-electron chi connectivity index (χ0n) is 13.1. The van der Waals surface area contributed by atoms with Crippen LogP contribution in [-0.2, 0) is 9.53 Å². The van der Waals surface area contributed by atoms with Crippen molar-refractivity contribution >= 4 is 11.7 Å². The lowest BCUT2D eigenvalue weighted by molar-refractivity contribution is -0.151. The molecule has 0 aromatic heterocycles. The van der Waals surface area contributed by atoms with Crippen molar-refractivity contribution < 1.29 is 14.3 Å². The van der Waals surface area contributed by atoms with E-state index in [1.165, 1.54) is 0 Å². The van der Waals surface area contributed by atoms with E-state index in [9.17, 15) is 4.79 Å². The molecule has 0 spiro atoms. The van der Waals surface area contributed by atoms with Crippen LogP contribution in [-0.4, -0.2) is 25.2 Å². The highest BCUT2D eigenvalue weighted by Crippen LogP contribution is 2.39. The number of hydrogen-bond acceptors (Lipinski definition) is 4. The van der Waals surface area contributed by atoms with E-state index in [0.717, 1.165) is 37.1 Å². The lowest BCUT2D eigenvalue weighted by atomic mass is 9.73. The molecule has 2 atom stereocenters. The summed E-state index contributed by atoms with van der Waals surface area (Å²) < 4.78 is 10.8. The summed E-state index contributed by atoms with van der Waals surface area (Å²) in [5.41, 5.74) is 0.199. The monoisotopic (exact) mass is 291 g/mol. The molecule has 1 aromatic rings. The number of carbonyl (C=O) groups is 1. The van der Waals surface area contributed by atoms with Crippen molar-refractivity contribution in [2.75, 3.05) is 19.0 Å². The number of rotatable bonds is 5. The van der Waals surface area contributed by atoms with Crippen molar-refractivity contribution in [1.82, 2.24) is 0 Å². The third-order valence-electron chi connectivity index (χ3n) is 4.40. The van der Waals surface area contributed by atoms with E-state index in [-0.39, 0.29) is 11.9 Å². The van der Waals surface area contributed by atoms with E-state index in [1.807, 2.05) is 31.2 Å². The summed E-state index contributed by atoms with van der Waals surface area (Å²) in [6.07, 6.45) is 4.02. The maximum Gasteiger partial charge on any atom is 0.332 e. The molecule has 0 amide bonds. The number of ether oxygens (including phenoxy) is 2. The molecule has 4 nitrogen and oxygen atoms in total. The Morgan fingerprint density at radius 3 is 2.81 bits per heavy atom. The van der Waals surface area contributed by atoms with Crippen molar-refractivity contribution in [2.45, 2.75) is 45.1 Å². The summed E-state index contributed by atoms with van der Waals surface area (Å²) in [4.78, 5) is 12.6. The summed E-state index contributed by atoms with van der Waals surface area (Å²) in [6.45, 7) is 4.38. The van der Waals surface area contributed by atoms with Crippen LogP contribution < -0.4 is 10.1 Å². The Morgan fingerprint density at radius 1 is 1.38 bits per heavy atom. The maximum atomic E-state index is 12.6. The van der Waals surface area contributed by atoms with Gasteiger partial charge in [0.2, 0.25) is 0 Å². The number of carbonyl (C=O) groups excluding carboxylic acids is 1. The smallest absolute Gasteiger partial charge is 0.332 e. The quantitative estimate of drug-likeness (QED) is 0.842. The van der Waals surface area contributed by atoms with Crippen LogP contribution in [0.15, 0.2) is 24.3 Å². The molecule has 116 valence electrons. The van der Waals surface area contributed by atoms with Gasteiger partial charge in [-0.25, -0.2) is 4.79 Å². The standard InChI is InChI=1S/C17H25NO3/c1-4-21-16(19)17(12-8-7-9-13(17)2)18-14-10-5-6-11-15(14)20-3/h5-6,10-11,13,18H,4,7-9,12H2,1-3H3. The number of methoxy groups -OCH3 is 1. The van der Waals surface area contributed by atoms with E-state index in [4.69, 9.17) is 9.47 Å². The first-order chi connectivity index (χ1) is 10.1. The molecule has 2 unspecified atom stereocenters. The first-order valence-corrected chi connectivity index (χ1v) is 7.72. The zero-order valence-corrected chi connectivity index (χ0v) is 13.1. The number of para-hydroxylation sites is 2. The Balaban J connectivity index is 2.33. The molecule has 0 saturated heterocycles. The molecule has 1 N–H and O–H groups in total. The van der Waals surface area contributed by atoms with E-state index < -0.39 is 5.54 Å². The highest BCUT2D eigenvalue weighted by Gasteiger charge is 2.46. The van der Waals surface area contributed by atoms with E-state index in [0.29, 0.717) is 6.61 Å². The van der Waals surface area contributed by atoms with Gasteiger partial charge >= 0.3 is 5.97 Å². The maximum absolute atomic E-state index is 12.6. The number of benzene rings is 1. The minimum absolute atomic E-state index is 0.150. The third kappa shape index (κ3) is 3.14. The van der Waals surface area contributed by atoms with Gasteiger partial charge in [0.05, 0.1) is 19.4 Å². The predicted octanol–water partition coefficient (Wildman–Crippen LogP) is 3.62. The van der Waals surface area contributed by atoms with Gasteiger partial charge in [0.25, 0.3) is 0 Å². The van der Waals surface area contributed by atoms with Gasteiger partial charge < -0.3 is 14.8 Å². The van der Waals surface area contributed by atoms with Crippen LogP contribution in [0.4, 0.5) is 5.69 Å². The third-order valence-corrected chi connectivity index (χ3v) is 4.40. The Labute approximate surface area is 126 Å². The summed E-state index contributed by atoms with van der Waals surface area (Å²) in [7, 11) is 1.64. The fraction of sp³-hybridized carbons (Fsp3) is 0.588. The van der Waals surface area contributed by atoms with Crippen LogP contribution in [0.1, 0.15) is 39.5 Å². The zero-order chi connectivity index (χ0) is 15.3. The number of anilines is 1. The number of esters is 1. The molecule has 1 aliphatic rings. The molecule has 0 bridgehead atoms. The molecule has 2 rings (SSSR count). The molecule has 0 radical (unpaired) electrons. The molecule has 0 heterocycles. The summed E-state index contributed by atoms with van der Waals surface area (Å²) in [6, 6.07) is 7.71. The fourth-order valence-electron chi connectivity index (χ4n) is 3.14. The van der Waals surface area contributed by atoms with Gasteiger partial charge in [-0.15, -0.1) is 0 Å². The molecule has 21 heavy (non-hydrogen) atoms. The van der Waals surface area contributed by atoms with Crippen LogP contribution in [0.3, 0.4) is 0 Å². The predicted molar refractivity (Wildman–Crippen MR) is 83.6 cm³/mol. The Kier molecular flexibility index (Phi) is 5.10. The highest BCUT2D eigenvalue weighted by atomic mass is 16.5. The first kappa shape index (κ1) is 15.7. The van der Waals surface area contributed by atoms with Crippen LogP contribution in [0.25, 0.3) is 0 Å². The van der Waals surface area contributed by atoms with Gasteiger partial charge in [0, 0.05) is 0 Å². The number of hydrogen-bond donors (Lipinski definition) is 1. The molecular weight excluding hydrogens is 266 g/mol. The topological polar surface area (TPSA) is 47.6 Å². The van der Waals surface area contributed by atoms with Crippen molar-refractivity contribution in [2.24, 2.45) is 5.92 Å². The summed E-state index contributed by atoms with van der Waals surface area (Å²) in [5.74, 6) is 0.831. The Morgan fingerprint density at radius 2 is 2.14 bits per heavy atom. The highest BCUT2D eigenvalue weighted by molar-refractivity contribution is 5.86.